The lowest BCUT2D eigenvalue weighted by Crippen LogP contribution is -2.35. The maximum absolute atomic E-state index is 9.28. The number of aliphatic hydroxyl groups is 1. The lowest BCUT2D eigenvalue weighted by atomic mass is 9.79. The largest absolute Gasteiger partial charge is 0.392 e. The second-order valence-electron chi connectivity index (χ2n) is 5.38. The first-order chi connectivity index (χ1) is 9.24. The summed E-state index contributed by atoms with van der Waals surface area (Å²) in [5, 5.41) is 14.1. The molecule has 0 amide bonds. The van der Waals surface area contributed by atoms with Crippen LogP contribution in [0.4, 0.5) is 0 Å². The molecule has 1 aliphatic carbocycles. The Bertz CT molecular complexity index is 627. The summed E-state index contributed by atoms with van der Waals surface area (Å²) in [7, 11) is 2.01. The summed E-state index contributed by atoms with van der Waals surface area (Å²) < 4.78 is 0. The summed E-state index contributed by atoms with van der Waals surface area (Å²) in [6, 6.07) is 6.82. The summed E-state index contributed by atoms with van der Waals surface area (Å²) in [6.45, 7) is 2.11. The van der Waals surface area contributed by atoms with Gasteiger partial charge < -0.3 is 15.4 Å². The van der Waals surface area contributed by atoms with Crippen LogP contribution in [0.5, 0.6) is 0 Å². The van der Waals surface area contributed by atoms with Gasteiger partial charge in [0.1, 0.15) is 0 Å². The highest BCUT2D eigenvalue weighted by Crippen LogP contribution is 2.37. The van der Waals surface area contributed by atoms with Gasteiger partial charge in [-0.1, -0.05) is 23.8 Å². The van der Waals surface area contributed by atoms with Crippen molar-refractivity contribution in [2.45, 2.75) is 25.3 Å². The zero-order valence-corrected chi connectivity index (χ0v) is 11.4. The number of H-pyrrole nitrogens is 1. The Balaban J connectivity index is 2.17. The zero-order chi connectivity index (χ0) is 13.4. The molecule has 1 aromatic carbocycles. The number of aromatic amines is 1. The minimum absolute atomic E-state index is 0.128. The fourth-order valence-electron chi connectivity index (χ4n) is 3.15. The smallest absolute Gasteiger partial charge is 0.0639 e. The maximum Gasteiger partial charge on any atom is 0.0639 e. The molecule has 0 bridgehead atoms. The van der Waals surface area contributed by atoms with Crippen LogP contribution in [-0.2, 0) is 6.42 Å². The molecule has 0 unspecified atom stereocenters. The second kappa shape index (κ2) is 4.83. The molecule has 1 heterocycles. The van der Waals surface area contributed by atoms with Crippen LogP contribution in [0, 0.1) is 0 Å². The highest BCUT2D eigenvalue weighted by atomic mass is 16.3. The molecule has 0 aliphatic heterocycles. The Kier molecular flexibility index (Phi) is 3.17. The lowest BCUT2D eigenvalue weighted by Gasteiger charge is -2.30. The summed E-state index contributed by atoms with van der Waals surface area (Å²) in [5.41, 5.74) is 4.98. The summed E-state index contributed by atoms with van der Waals surface area (Å²) in [6.07, 6.45) is 5.34. The third-order valence-electron chi connectivity index (χ3n) is 4.14. The predicted octanol–water partition coefficient (Wildman–Crippen LogP) is 2.33. The summed E-state index contributed by atoms with van der Waals surface area (Å²) in [4.78, 5) is 3.35. The van der Waals surface area contributed by atoms with Gasteiger partial charge in [-0.2, -0.15) is 0 Å². The molecular weight excluding hydrogens is 236 g/mol. The van der Waals surface area contributed by atoms with Crippen molar-refractivity contribution < 1.29 is 5.11 Å². The third kappa shape index (κ3) is 1.99. The first-order valence-electron chi connectivity index (χ1n) is 6.79. The Morgan fingerprint density at radius 1 is 1.53 bits per heavy atom. The molecule has 0 spiro atoms. The molecule has 0 saturated heterocycles. The quantitative estimate of drug-likeness (QED) is 0.738. The number of nitrogens with one attached hydrogen (secondary N) is 2. The van der Waals surface area contributed by atoms with Gasteiger partial charge in [-0.15, -0.1) is 0 Å². The molecule has 3 N–H and O–H groups in total. The van der Waals surface area contributed by atoms with Crippen molar-refractivity contribution in [1.29, 1.82) is 0 Å². The average Bonchev–Trinajstić information content (AvgIpc) is 2.86. The van der Waals surface area contributed by atoms with Crippen LogP contribution in [0.2, 0.25) is 0 Å². The molecule has 0 saturated carbocycles. The number of rotatable bonds is 3. The van der Waals surface area contributed by atoms with Gasteiger partial charge in [0.2, 0.25) is 0 Å². The predicted molar refractivity (Wildman–Crippen MR) is 78.4 cm³/mol. The van der Waals surface area contributed by atoms with Gasteiger partial charge in [-0.3, -0.25) is 0 Å². The molecule has 1 aromatic heterocycles. The summed E-state index contributed by atoms with van der Waals surface area (Å²) in [5.74, 6) is 0.323. The maximum atomic E-state index is 9.28. The average molecular weight is 256 g/mol. The Hall–Kier alpha value is -1.58. The van der Waals surface area contributed by atoms with Crippen molar-refractivity contribution in [3.63, 3.8) is 0 Å². The zero-order valence-electron chi connectivity index (χ0n) is 11.4. The van der Waals surface area contributed by atoms with Crippen molar-refractivity contribution in [1.82, 2.24) is 10.3 Å². The van der Waals surface area contributed by atoms with Crippen molar-refractivity contribution in [2.75, 3.05) is 13.7 Å². The van der Waals surface area contributed by atoms with Crippen molar-refractivity contribution in [3.8, 4) is 0 Å². The van der Waals surface area contributed by atoms with E-state index in [2.05, 4.69) is 40.8 Å². The molecule has 3 rings (SSSR count). The van der Waals surface area contributed by atoms with E-state index < -0.39 is 0 Å². The monoisotopic (exact) mass is 256 g/mol. The Morgan fingerprint density at radius 3 is 3.11 bits per heavy atom. The molecule has 3 heteroatoms. The van der Waals surface area contributed by atoms with Gasteiger partial charge in [-0.25, -0.2) is 0 Å². The minimum atomic E-state index is 0.128. The van der Waals surface area contributed by atoms with E-state index in [9.17, 15) is 5.11 Å². The van der Waals surface area contributed by atoms with E-state index in [4.69, 9.17) is 0 Å². The van der Waals surface area contributed by atoms with Gasteiger partial charge in [0, 0.05) is 29.1 Å². The van der Waals surface area contributed by atoms with Gasteiger partial charge in [0.25, 0.3) is 0 Å². The van der Waals surface area contributed by atoms with Crippen LogP contribution >= 0.6 is 0 Å². The molecule has 3 nitrogen and oxygen atoms in total. The van der Waals surface area contributed by atoms with Crippen LogP contribution in [-0.4, -0.2) is 29.8 Å². The summed E-state index contributed by atoms with van der Waals surface area (Å²) >= 11 is 0. The SMILES string of the molecule is CN[C@@H]1Cc2c[nH]c3cccc(c23)[C@@H]1/C=C(/C)CO. The first-order valence-corrected chi connectivity index (χ1v) is 6.79. The first kappa shape index (κ1) is 12.5. The van der Waals surface area contributed by atoms with Crippen molar-refractivity contribution >= 4 is 10.9 Å². The molecule has 0 radical (unpaired) electrons. The van der Waals surface area contributed by atoms with E-state index in [0.29, 0.717) is 12.0 Å². The van der Waals surface area contributed by atoms with E-state index in [1.54, 1.807) is 0 Å². The van der Waals surface area contributed by atoms with E-state index >= 15 is 0 Å². The number of aliphatic hydroxyl groups excluding tert-OH is 1. The molecule has 0 fully saturated rings. The number of aromatic nitrogens is 1. The van der Waals surface area contributed by atoms with Gasteiger partial charge >= 0.3 is 0 Å². The van der Waals surface area contributed by atoms with Crippen molar-refractivity contribution in [2.24, 2.45) is 0 Å². The Morgan fingerprint density at radius 2 is 2.37 bits per heavy atom. The number of likely N-dealkylation sites (N-methyl/N-ethyl adjacent to an activating group) is 1. The van der Waals surface area contributed by atoms with Crippen molar-refractivity contribution in [3.05, 3.63) is 47.2 Å². The molecular formula is C16H20N2O. The second-order valence-corrected chi connectivity index (χ2v) is 5.38. The minimum Gasteiger partial charge on any atom is -0.392 e. The number of benzene rings is 1. The fourth-order valence-corrected chi connectivity index (χ4v) is 3.15. The fraction of sp³-hybridized carbons (Fsp3) is 0.375. The molecule has 1 aliphatic rings. The third-order valence-corrected chi connectivity index (χ3v) is 4.14. The molecule has 2 atom stereocenters. The van der Waals surface area contributed by atoms with E-state index in [0.717, 1.165) is 12.0 Å². The highest BCUT2D eigenvalue weighted by molar-refractivity contribution is 5.88. The van der Waals surface area contributed by atoms with Crippen LogP contribution in [0.15, 0.2) is 36.0 Å². The van der Waals surface area contributed by atoms with E-state index in [1.165, 1.54) is 22.0 Å². The number of hydrogen-bond acceptors (Lipinski definition) is 2. The normalized spacial score (nSPS) is 23.0. The standard InChI is InChI=1S/C16H20N2O/c1-10(9-19)6-13-12-4-3-5-14-16(12)11(8-18-14)7-15(13)17-2/h3-6,8,13,15,17-19H,7,9H2,1-2H3/b10-6-/t13-,15+/m0/s1. The topological polar surface area (TPSA) is 48.0 Å². The van der Waals surface area contributed by atoms with Crippen LogP contribution in [0.1, 0.15) is 24.0 Å². The highest BCUT2D eigenvalue weighted by Gasteiger charge is 2.28. The molecule has 2 aromatic rings. The van der Waals surface area contributed by atoms with Crippen LogP contribution < -0.4 is 5.32 Å². The molecule has 100 valence electrons. The Labute approximate surface area is 113 Å². The lowest BCUT2D eigenvalue weighted by molar-refractivity contribution is 0.330. The van der Waals surface area contributed by atoms with E-state index in [-0.39, 0.29) is 6.61 Å². The van der Waals surface area contributed by atoms with Gasteiger partial charge in [0.05, 0.1) is 6.61 Å². The van der Waals surface area contributed by atoms with Gasteiger partial charge in [0.15, 0.2) is 0 Å². The van der Waals surface area contributed by atoms with E-state index in [1.807, 2.05) is 14.0 Å². The van der Waals surface area contributed by atoms with Crippen LogP contribution in [0.25, 0.3) is 10.9 Å². The number of hydrogen-bond donors (Lipinski definition) is 3. The van der Waals surface area contributed by atoms with Gasteiger partial charge in [-0.05, 0) is 37.6 Å². The molecule has 19 heavy (non-hydrogen) atoms. The van der Waals surface area contributed by atoms with Crippen LogP contribution in [0.3, 0.4) is 0 Å².